The Morgan fingerprint density at radius 3 is 1.77 bits per heavy atom. The van der Waals surface area contributed by atoms with E-state index in [1.807, 2.05) is 103 Å². The van der Waals surface area contributed by atoms with Crippen LogP contribution in [0.5, 0.6) is 0 Å². The molecular formula is C31H21N2OP. The minimum absolute atomic E-state index is 0.614. The Hall–Kier alpha value is -4.38. The minimum Gasteiger partial charge on any atom is -0.309 e. The molecule has 0 bridgehead atoms. The van der Waals surface area contributed by atoms with Crippen molar-refractivity contribution in [2.75, 3.05) is 0 Å². The summed E-state index contributed by atoms with van der Waals surface area (Å²) in [5.41, 5.74) is 3.72. The van der Waals surface area contributed by atoms with Gasteiger partial charge in [-0.15, -0.1) is 0 Å². The molecule has 35 heavy (non-hydrogen) atoms. The van der Waals surface area contributed by atoms with Crippen LogP contribution in [0.1, 0.15) is 0 Å². The zero-order valence-electron chi connectivity index (χ0n) is 18.9. The summed E-state index contributed by atoms with van der Waals surface area (Å²) < 4.78 is 17.1. The Morgan fingerprint density at radius 1 is 0.571 bits per heavy atom. The van der Waals surface area contributed by atoms with Crippen LogP contribution in [-0.2, 0) is 4.57 Å². The van der Waals surface area contributed by atoms with Gasteiger partial charge in [-0.25, -0.2) is 4.85 Å². The summed E-state index contributed by atoms with van der Waals surface area (Å²) in [6, 6.07) is 41.6. The standard InChI is InChI=1S/C31H21N2OP/c1-32-23-16-18-24(19-17-23)33-30-15-9-8-14-28(30)29-22-27(20-21-31(29)33)35(34,25-10-4-2-5-11-25)26-12-6-3-7-13-26/h2-22H. The molecule has 0 saturated heterocycles. The molecular weight excluding hydrogens is 447 g/mol. The largest absolute Gasteiger partial charge is 0.309 e. The van der Waals surface area contributed by atoms with Crippen LogP contribution in [0, 0.1) is 6.57 Å². The predicted molar refractivity (Wildman–Crippen MR) is 146 cm³/mol. The Labute approximate surface area is 204 Å². The minimum atomic E-state index is -3.07. The highest BCUT2D eigenvalue weighted by atomic mass is 31.2. The number of aromatic nitrogens is 1. The number of fused-ring (bicyclic) bond motifs is 3. The first-order valence-electron chi connectivity index (χ1n) is 11.4. The van der Waals surface area contributed by atoms with Crippen LogP contribution in [-0.4, -0.2) is 4.57 Å². The average Bonchev–Trinajstić information content (AvgIpc) is 3.27. The molecule has 6 aromatic rings. The molecule has 0 amide bonds. The lowest BCUT2D eigenvalue weighted by Crippen LogP contribution is -2.24. The number of rotatable bonds is 4. The molecule has 0 saturated carbocycles. The molecule has 0 aliphatic heterocycles. The lowest BCUT2D eigenvalue weighted by Gasteiger charge is -2.20. The highest BCUT2D eigenvalue weighted by Gasteiger charge is 2.30. The van der Waals surface area contributed by atoms with Gasteiger partial charge in [-0.3, -0.25) is 0 Å². The SMILES string of the molecule is [C-]#[N+]c1ccc(-n2c3ccccc3c3cc(P(=O)(c4ccccc4)c4ccccc4)ccc32)cc1. The molecule has 0 atom stereocenters. The van der Waals surface area contributed by atoms with Crippen LogP contribution in [0.4, 0.5) is 5.69 Å². The summed E-state index contributed by atoms with van der Waals surface area (Å²) in [5, 5.41) is 4.62. The molecule has 0 spiro atoms. The smallest absolute Gasteiger partial charge is 0.187 e. The molecule has 5 aromatic carbocycles. The van der Waals surface area contributed by atoms with Gasteiger partial charge in [-0.05, 0) is 36.4 Å². The lowest BCUT2D eigenvalue weighted by atomic mass is 10.1. The van der Waals surface area contributed by atoms with Crippen LogP contribution >= 0.6 is 7.14 Å². The molecule has 0 unspecified atom stereocenters. The van der Waals surface area contributed by atoms with Crippen molar-refractivity contribution < 1.29 is 4.57 Å². The van der Waals surface area contributed by atoms with Gasteiger partial charge in [-0.2, -0.15) is 0 Å². The van der Waals surface area contributed by atoms with Crippen LogP contribution in [0.15, 0.2) is 127 Å². The van der Waals surface area contributed by atoms with Crippen molar-refractivity contribution in [2.45, 2.75) is 0 Å². The number of nitrogens with zero attached hydrogens (tertiary/aromatic N) is 2. The zero-order chi connectivity index (χ0) is 23.8. The molecule has 4 heteroatoms. The highest BCUT2D eigenvalue weighted by Crippen LogP contribution is 2.44. The third-order valence-corrected chi connectivity index (χ3v) is 9.55. The Balaban J connectivity index is 1.64. The van der Waals surface area contributed by atoms with Crippen molar-refractivity contribution in [3.63, 3.8) is 0 Å². The summed E-state index contributed by atoms with van der Waals surface area (Å²) >= 11 is 0. The summed E-state index contributed by atoms with van der Waals surface area (Å²) in [6.45, 7) is 7.27. The first kappa shape index (κ1) is 21.2. The van der Waals surface area contributed by atoms with Gasteiger partial charge in [0.15, 0.2) is 12.8 Å². The average molecular weight is 468 g/mol. The van der Waals surface area contributed by atoms with E-state index in [9.17, 15) is 4.57 Å². The quantitative estimate of drug-likeness (QED) is 0.203. The van der Waals surface area contributed by atoms with E-state index in [2.05, 4.69) is 33.7 Å². The summed E-state index contributed by atoms with van der Waals surface area (Å²) in [7, 11) is -3.07. The highest BCUT2D eigenvalue weighted by molar-refractivity contribution is 7.85. The summed E-state index contributed by atoms with van der Waals surface area (Å²) in [6.07, 6.45) is 0. The second-order valence-corrected chi connectivity index (χ2v) is 11.2. The third-order valence-electron chi connectivity index (χ3n) is 6.50. The van der Waals surface area contributed by atoms with Crippen molar-refractivity contribution in [3.05, 3.63) is 139 Å². The molecule has 3 nitrogen and oxygen atoms in total. The lowest BCUT2D eigenvalue weighted by molar-refractivity contribution is 0.592. The maximum Gasteiger partial charge on any atom is 0.187 e. The molecule has 0 aliphatic carbocycles. The number of hydrogen-bond donors (Lipinski definition) is 0. The van der Waals surface area contributed by atoms with Crippen LogP contribution in [0.3, 0.4) is 0 Å². The molecule has 0 fully saturated rings. The van der Waals surface area contributed by atoms with E-state index >= 15 is 0 Å². The third kappa shape index (κ3) is 3.39. The molecule has 166 valence electrons. The fourth-order valence-electron chi connectivity index (χ4n) is 4.83. The second kappa shape index (κ2) is 8.44. The van der Waals surface area contributed by atoms with Gasteiger partial charge in [0.25, 0.3) is 0 Å². The Bertz CT molecular complexity index is 1720. The maximum atomic E-state index is 14.9. The molecule has 6 rings (SSSR count). The molecule has 1 aromatic heterocycles. The van der Waals surface area contributed by atoms with Gasteiger partial charge in [0, 0.05) is 32.4 Å². The van der Waals surface area contributed by atoms with Crippen molar-refractivity contribution in [3.8, 4) is 5.69 Å². The van der Waals surface area contributed by atoms with Crippen molar-refractivity contribution in [2.24, 2.45) is 0 Å². The van der Waals surface area contributed by atoms with Crippen molar-refractivity contribution in [1.29, 1.82) is 0 Å². The fraction of sp³-hybridized carbons (Fsp3) is 0. The van der Waals surface area contributed by atoms with Crippen LogP contribution in [0.25, 0.3) is 32.3 Å². The molecule has 0 aliphatic rings. The van der Waals surface area contributed by atoms with E-state index < -0.39 is 7.14 Å². The van der Waals surface area contributed by atoms with Crippen LogP contribution < -0.4 is 15.9 Å². The fourth-order valence-corrected chi connectivity index (χ4v) is 7.51. The summed E-state index contributed by atoms with van der Waals surface area (Å²) in [5.74, 6) is 0. The number of hydrogen-bond acceptors (Lipinski definition) is 1. The zero-order valence-corrected chi connectivity index (χ0v) is 19.8. The van der Waals surface area contributed by atoms with Crippen molar-refractivity contribution in [1.82, 2.24) is 4.57 Å². The second-order valence-electron chi connectivity index (χ2n) is 8.46. The van der Waals surface area contributed by atoms with E-state index in [0.717, 1.165) is 43.4 Å². The van der Waals surface area contributed by atoms with E-state index in [1.54, 1.807) is 0 Å². The first-order valence-corrected chi connectivity index (χ1v) is 13.1. The van der Waals surface area contributed by atoms with Gasteiger partial charge in [0.1, 0.15) is 0 Å². The van der Waals surface area contributed by atoms with E-state index in [0.29, 0.717) is 5.69 Å². The Morgan fingerprint density at radius 2 is 1.14 bits per heavy atom. The summed E-state index contributed by atoms with van der Waals surface area (Å²) in [4.78, 5) is 3.52. The maximum absolute atomic E-state index is 14.9. The topological polar surface area (TPSA) is 26.4 Å². The predicted octanol–water partition coefficient (Wildman–Crippen LogP) is 6.97. The van der Waals surface area contributed by atoms with Crippen molar-refractivity contribution >= 4 is 50.5 Å². The van der Waals surface area contributed by atoms with Gasteiger partial charge < -0.3 is 9.13 Å². The molecule has 0 N–H and O–H groups in total. The van der Waals surface area contributed by atoms with E-state index in [-0.39, 0.29) is 0 Å². The first-order chi connectivity index (χ1) is 17.2. The van der Waals surface area contributed by atoms with Gasteiger partial charge in [0.05, 0.1) is 17.6 Å². The van der Waals surface area contributed by atoms with Gasteiger partial charge in [-0.1, -0.05) is 91.0 Å². The van der Waals surface area contributed by atoms with E-state index in [4.69, 9.17) is 6.57 Å². The monoisotopic (exact) mass is 468 g/mol. The molecule has 1 heterocycles. The molecule has 0 radical (unpaired) electrons. The number of benzene rings is 5. The van der Waals surface area contributed by atoms with Gasteiger partial charge in [0.2, 0.25) is 0 Å². The number of para-hydroxylation sites is 1. The van der Waals surface area contributed by atoms with Crippen LogP contribution in [0.2, 0.25) is 0 Å². The normalized spacial score (nSPS) is 11.5. The van der Waals surface area contributed by atoms with E-state index in [1.165, 1.54) is 0 Å². The van der Waals surface area contributed by atoms with Gasteiger partial charge >= 0.3 is 0 Å². The Kier molecular flexibility index (Phi) is 5.10.